The maximum atomic E-state index is 13.2. The summed E-state index contributed by atoms with van der Waals surface area (Å²) < 4.78 is 39.6. The van der Waals surface area contributed by atoms with E-state index in [0.717, 1.165) is 0 Å². The molecule has 0 bridgehead atoms. The van der Waals surface area contributed by atoms with E-state index in [2.05, 4.69) is 10.6 Å². The van der Waals surface area contributed by atoms with Crippen molar-refractivity contribution >= 4 is 6.03 Å². The predicted molar refractivity (Wildman–Crippen MR) is 73.2 cm³/mol. The van der Waals surface area contributed by atoms with Crippen LogP contribution in [0.15, 0.2) is 0 Å². The van der Waals surface area contributed by atoms with E-state index >= 15 is 0 Å². The molecule has 2 saturated heterocycles. The number of nitrogens with one attached hydrogen (secondary N) is 2. The molecule has 3 aliphatic rings. The summed E-state index contributed by atoms with van der Waals surface area (Å²) >= 11 is 0. The van der Waals surface area contributed by atoms with Crippen LogP contribution < -0.4 is 10.6 Å². The molecule has 3 N–H and O–H groups in total. The Morgan fingerprint density at radius 1 is 1.36 bits per heavy atom. The molecule has 0 radical (unpaired) electrons. The standard InChI is InChI=1S/C14H22F3N3O2/c1-9(2)12(22)7-20(8-12)10(21)19-5-11-3-13(11,6-18-4-11)14(15,16)17/h9,18,22H,3-8H2,1-2H3,(H,19,21)/t11-,13-/m1/s1. The van der Waals surface area contributed by atoms with Gasteiger partial charge in [0.15, 0.2) is 0 Å². The van der Waals surface area contributed by atoms with Crippen molar-refractivity contribution in [1.82, 2.24) is 15.5 Å². The molecule has 126 valence electrons. The quantitative estimate of drug-likeness (QED) is 0.725. The zero-order valence-electron chi connectivity index (χ0n) is 12.8. The van der Waals surface area contributed by atoms with Gasteiger partial charge in [0.25, 0.3) is 0 Å². The first-order chi connectivity index (χ1) is 10.1. The number of amides is 2. The molecule has 0 unspecified atom stereocenters. The van der Waals surface area contributed by atoms with E-state index in [9.17, 15) is 23.1 Å². The number of halogens is 3. The maximum Gasteiger partial charge on any atom is 0.396 e. The molecular weight excluding hydrogens is 299 g/mol. The summed E-state index contributed by atoms with van der Waals surface area (Å²) in [5, 5.41) is 15.5. The van der Waals surface area contributed by atoms with Gasteiger partial charge in [-0.1, -0.05) is 13.8 Å². The fourth-order valence-corrected chi connectivity index (χ4v) is 3.81. The van der Waals surface area contributed by atoms with Crippen molar-refractivity contribution in [2.75, 3.05) is 32.7 Å². The van der Waals surface area contributed by atoms with Crippen LogP contribution >= 0.6 is 0 Å². The van der Waals surface area contributed by atoms with Crippen LogP contribution in [0.1, 0.15) is 20.3 Å². The van der Waals surface area contributed by atoms with Crippen LogP contribution in [0.25, 0.3) is 0 Å². The van der Waals surface area contributed by atoms with Gasteiger partial charge in [-0.2, -0.15) is 13.2 Å². The number of likely N-dealkylation sites (tertiary alicyclic amines) is 1. The Balaban J connectivity index is 1.54. The normalized spacial score (nSPS) is 36.0. The van der Waals surface area contributed by atoms with E-state index < -0.39 is 28.6 Å². The van der Waals surface area contributed by atoms with Crippen LogP contribution in [0.5, 0.6) is 0 Å². The summed E-state index contributed by atoms with van der Waals surface area (Å²) in [4.78, 5) is 13.5. The minimum atomic E-state index is -4.24. The second-order valence-electron chi connectivity index (χ2n) is 7.41. The molecule has 1 aliphatic carbocycles. The Labute approximate surface area is 127 Å². The van der Waals surface area contributed by atoms with Crippen molar-refractivity contribution in [3.05, 3.63) is 0 Å². The van der Waals surface area contributed by atoms with Crippen LogP contribution in [0.3, 0.4) is 0 Å². The summed E-state index contributed by atoms with van der Waals surface area (Å²) in [5.41, 5.74) is -3.46. The molecule has 0 aromatic carbocycles. The number of β-amino-alcohol motifs (C(OH)–C–C–N with tert-alkyl or cyclic N) is 1. The molecule has 0 aromatic rings. The van der Waals surface area contributed by atoms with E-state index in [0.29, 0.717) is 0 Å². The van der Waals surface area contributed by atoms with Gasteiger partial charge in [-0.3, -0.25) is 0 Å². The fraction of sp³-hybridized carbons (Fsp3) is 0.929. The smallest absolute Gasteiger partial charge is 0.386 e. The molecule has 22 heavy (non-hydrogen) atoms. The molecular formula is C14H22F3N3O2. The van der Waals surface area contributed by atoms with Crippen molar-refractivity contribution in [3.8, 4) is 0 Å². The number of carbonyl (C=O) groups excluding carboxylic acids is 1. The summed E-state index contributed by atoms with van der Waals surface area (Å²) in [6.45, 7) is 4.44. The highest BCUT2D eigenvalue weighted by molar-refractivity contribution is 5.75. The SMILES string of the molecule is CC(C)C1(O)CN(C(=O)NC[C@@]23CNC[C@]2(C(F)(F)F)C3)C1. The van der Waals surface area contributed by atoms with E-state index in [1.165, 1.54) is 4.90 Å². The van der Waals surface area contributed by atoms with Crippen molar-refractivity contribution < 1.29 is 23.1 Å². The van der Waals surface area contributed by atoms with E-state index in [-0.39, 0.29) is 45.1 Å². The zero-order valence-corrected chi connectivity index (χ0v) is 12.8. The minimum absolute atomic E-state index is 0.0228. The molecule has 0 spiro atoms. The Kier molecular flexibility index (Phi) is 3.25. The third kappa shape index (κ3) is 2.03. The molecule has 3 fully saturated rings. The Bertz CT molecular complexity index is 490. The zero-order chi connectivity index (χ0) is 16.4. The molecule has 2 heterocycles. The molecule has 5 nitrogen and oxygen atoms in total. The third-order valence-electron chi connectivity index (χ3n) is 5.83. The van der Waals surface area contributed by atoms with Gasteiger partial charge in [0.2, 0.25) is 0 Å². The minimum Gasteiger partial charge on any atom is -0.386 e. The molecule has 2 aliphatic heterocycles. The lowest BCUT2D eigenvalue weighted by atomic mass is 9.83. The number of alkyl halides is 3. The van der Waals surface area contributed by atoms with Gasteiger partial charge < -0.3 is 20.6 Å². The first-order valence-electron chi connectivity index (χ1n) is 7.58. The molecule has 0 aromatic heterocycles. The summed E-state index contributed by atoms with van der Waals surface area (Å²) in [6.07, 6.45) is -4.16. The van der Waals surface area contributed by atoms with Gasteiger partial charge in [0.05, 0.1) is 18.5 Å². The van der Waals surface area contributed by atoms with Gasteiger partial charge in [0.1, 0.15) is 5.60 Å². The van der Waals surface area contributed by atoms with Crippen molar-refractivity contribution in [2.24, 2.45) is 16.7 Å². The number of hydrogen-bond donors (Lipinski definition) is 3. The first-order valence-corrected chi connectivity index (χ1v) is 7.58. The third-order valence-corrected chi connectivity index (χ3v) is 5.83. The maximum absolute atomic E-state index is 13.2. The van der Waals surface area contributed by atoms with Crippen molar-refractivity contribution in [2.45, 2.75) is 32.0 Å². The molecule has 2 atom stereocenters. The number of urea groups is 1. The highest BCUT2D eigenvalue weighted by Crippen LogP contribution is 2.72. The number of aliphatic hydroxyl groups is 1. The van der Waals surface area contributed by atoms with Crippen LogP contribution in [-0.4, -0.2) is 60.5 Å². The lowest BCUT2D eigenvalue weighted by Gasteiger charge is -2.48. The average molecular weight is 321 g/mol. The fourth-order valence-electron chi connectivity index (χ4n) is 3.81. The average Bonchev–Trinajstić information content (AvgIpc) is 2.89. The number of rotatable bonds is 3. The second kappa shape index (κ2) is 4.50. The highest BCUT2D eigenvalue weighted by Gasteiger charge is 2.81. The largest absolute Gasteiger partial charge is 0.396 e. The van der Waals surface area contributed by atoms with Gasteiger partial charge in [-0.15, -0.1) is 0 Å². The van der Waals surface area contributed by atoms with Gasteiger partial charge in [0, 0.05) is 25.0 Å². The number of carbonyl (C=O) groups is 1. The van der Waals surface area contributed by atoms with Crippen LogP contribution in [0.2, 0.25) is 0 Å². The van der Waals surface area contributed by atoms with Crippen LogP contribution in [0, 0.1) is 16.7 Å². The Hall–Kier alpha value is -1.02. The predicted octanol–water partition coefficient (Wildman–Crippen LogP) is 0.941. The number of hydrogen-bond acceptors (Lipinski definition) is 3. The summed E-state index contributed by atoms with van der Waals surface area (Å²) in [6, 6.07) is -0.394. The Morgan fingerprint density at radius 2 is 2.00 bits per heavy atom. The first kappa shape index (κ1) is 15.9. The topological polar surface area (TPSA) is 64.6 Å². The molecule has 2 amide bonds. The molecule has 3 rings (SSSR count). The summed E-state index contributed by atoms with van der Waals surface area (Å²) in [7, 11) is 0. The van der Waals surface area contributed by atoms with Crippen molar-refractivity contribution in [1.29, 1.82) is 0 Å². The number of nitrogens with zero attached hydrogens (tertiary/aromatic N) is 1. The van der Waals surface area contributed by atoms with Crippen molar-refractivity contribution in [3.63, 3.8) is 0 Å². The van der Waals surface area contributed by atoms with Gasteiger partial charge >= 0.3 is 12.2 Å². The lowest BCUT2D eigenvalue weighted by molar-refractivity contribution is -0.190. The van der Waals surface area contributed by atoms with Crippen LogP contribution in [-0.2, 0) is 0 Å². The second-order valence-corrected chi connectivity index (χ2v) is 7.41. The van der Waals surface area contributed by atoms with Gasteiger partial charge in [-0.05, 0) is 12.3 Å². The number of piperidine rings is 1. The molecule has 8 heteroatoms. The van der Waals surface area contributed by atoms with E-state index in [1.54, 1.807) is 0 Å². The van der Waals surface area contributed by atoms with Gasteiger partial charge in [-0.25, -0.2) is 4.79 Å². The number of fused-ring (bicyclic) bond motifs is 1. The highest BCUT2D eigenvalue weighted by atomic mass is 19.4. The van der Waals surface area contributed by atoms with E-state index in [4.69, 9.17) is 0 Å². The van der Waals surface area contributed by atoms with Crippen LogP contribution in [0.4, 0.5) is 18.0 Å². The molecule has 1 saturated carbocycles. The Morgan fingerprint density at radius 3 is 2.50 bits per heavy atom. The van der Waals surface area contributed by atoms with E-state index in [1.807, 2.05) is 13.8 Å². The monoisotopic (exact) mass is 321 g/mol. The summed E-state index contributed by atoms with van der Waals surface area (Å²) in [5.74, 6) is 0.0375. The lowest BCUT2D eigenvalue weighted by Crippen LogP contribution is -2.67.